The van der Waals surface area contributed by atoms with Crippen molar-refractivity contribution >= 4 is 40.3 Å². The van der Waals surface area contributed by atoms with E-state index in [2.05, 4.69) is 21.7 Å². The van der Waals surface area contributed by atoms with Gasteiger partial charge in [0.25, 0.3) is 5.69 Å². The van der Waals surface area contributed by atoms with Crippen LogP contribution in [-0.4, -0.2) is 39.7 Å². The second kappa shape index (κ2) is 12.1. The third kappa shape index (κ3) is 5.48. The Hall–Kier alpha value is -4.97. The van der Waals surface area contributed by atoms with E-state index in [0.29, 0.717) is 34.4 Å². The van der Waals surface area contributed by atoms with Crippen molar-refractivity contribution in [1.29, 1.82) is 0 Å². The molecule has 3 heterocycles. The van der Waals surface area contributed by atoms with Gasteiger partial charge in [-0.1, -0.05) is 13.0 Å². The van der Waals surface area contributed by atoms with Gasteiger partial charge in [-0.25, -0.2) is 0 Å². The number of carbonyl (C=O) groups excluding carboxylic acids is 1. The molecule has 1 saturated heterocycles. The highest BCUT2D eigenvalue weighted by Crippen LogP contribution is 2.45. The van der Waals surface area contributed by atoms with Crippen LogP contribution in [0.25, 0.3) is 5.69 Å². The van der Waals surface area contributed by atoms with Crippen molar-refractivity contribution < 1.29 is 19.2 Å². The first-order chi connectivity index (χ1) is 20.7. The molecule has 1 amide bonds. The number of pyridine rings is 1. The standard InChI is InChI=1S/C31H32N6O5S/c1-6-28(38)33-23-12-10-20(16-26(23)41-4)36-30(29(34-31(36)43)24-9-7-8-14-32-24)22-15-18(2)35(19(22)3)25-13-11-21(37(39)40)17-27(25)42-5/h7-17,29-30H,6H2,1-5H3,(H,33,38)(H,34,43)/t29-,30+/m0/s1. The maximum absolute atomic E-state index is 12.1. The summed E-state index contributed by atoms with van der Waals surface area (Å²) in [6, 6.07) is 17.4. The molecule has 2 atom stereocenters. The number of ether oxygens (including phenoxy) is 2. The Labute approximate surface area is 254 Å². The first-order valence-corrected chi connectivity index (χ1v) is 14.1. The molecule has 5 rings (SSSR count). The molecule has 2 aromatic carbocycles. The number of aryl methyl sites for hydroxylation is 1. The fraction of sp³-hybridized carbons (Fsp3) is 0.258. The summed E-state index contributed by atoms with van der Waals surface area (Å²) >= 11 is 5.92. The summed E-state index contributed by atoms with van der Waals surface area (Å²) in [5.74, 6) is 0.769. The number of anilines is 2. The van der Waals surface area contributed by atoms with Crippen LogP contribution in [-0.2, 0) is 4.79 Å². The van der Waals surface area contributed by atoms with E-state index in [1.54, 1.807) is 32.4 Å². The van der Waals surface area contributed by atoms with E-state index >= 15 is 0 Å². The highest BCUT2D eigenvalue weighted by atomic mass is 32.1. The third-order valence-corrected chi connectivity index (χ3v) is 7.88. The number of rotatable bonds is 9. The number of nitro groups is 1. The van der Waals surface area contributed by atoms with Crippen LogP contribution in [0.2, 0.25) is 0 Å². The Balaban J connectivity index is 1.66. The first kappa shape index (κ1) is 29.5. The number of nitrogens with zero attached hydrogens (tertiary/aromatic N) is 4. The summed E-state index contributed by atoms with van der Waals surface area (Å²) in [5, 5.41) is 18.3. The van der Waals surface area contributed by atoms with Crippen molar-refractivity contribution in [3.8, 4) is 17.2 Å². The lowest BCUT2D eigenvalue weighted by molar-refractivity contribution is -0.384. The molecule has 0 saturated carbocycles. The lowest BCUT2D eigenvalue weighted by Gasteiger charge is -2.29. The molecule has 1 fully saturated rings. The minimum absolute atomic E-state index is 0.0532. The van der Waals surface area contributed by atoms with Gasteiger partial charge in [-0.05, 0) is 68.0 Å². The zero-order valence-electron chi connectivity index (χ0n) is 24.5. The van der Waals surface area contributed by atoms with Crippen molar-refractivity contribution in [1.82, 2.24) is 14.9 Å². The molecule has 11 nitrogen and oxygen atoms in total. The fourth-order valence-corrected chi connectivity index (χ4v) is 5.89. The second-order valence-electron chi connectivity index (χ2n) is 10.1. The van der Waals surface area contributed by atoms with Gasteiger partial charge in [0.1, 0.15) is 11.5 Å². The molecule has 222 valence electrons. The maximum Gasteiger partial charge on any atom is 0.273 e. The van der Waals surface area contributed by atoms with Crippen LogP contribution in [0.4, 0.5) is 17.1 Å². The number of aromatic nitrogens is 2. The van der Waals surface area contributed by atoms with Gasteiger partial charge in [0.2, 0.25) is 5.91 Å². The third-order valence-electron chi connectivity index (χ3n) is 7.56. The number of hydrogen-bond acceptors (Lipinski definition) is 7. The van der Waals surface area contributed by atoms with Crippen molar-refractivity contribution in [2.45, 2.75) is 39.3 Å². The Morgan fingerprint density at radius 1 is 1.09 bits per heavy atom. The topological polar surface area (TPSA) is 124 Å². The Morgan fingerprint density at radius 3 is 2.51 bits per heavy atom. The van der Waals surface area contributed by atoms with Crippen molar-refractivity contribution in [3.63, 3.8) is 0 Å². The monoisotopic (exact) mass is 600 g/mol. The minimum Gasteiger partial charge on any atom is -0.494 e. The van der Waals surface area contributed by atoms with E-state index < -0.39 is 4.92 Å². The van der Waals surface area contributed by atoms with Gasteiger partial charge >= 0.3 is 0 Å². The summed E-state index contributed by atoms with van der Waals surface area (Å²) in [4.78, 5) is 29.8. The maximum atomic E-state index is 12.1. The number of thiocarbonyl (C=S) groups is 1. The van der Waals surface area contributed by atoms with Gasteiger partial charge in [-0.15, -0.1) is 0 Å². The van der Waals surface area contributed by atoms with Crippen LogP contribution < -0.4 is 25.0 Å². The quantitative estimate of drug-likeness (QED) is 0.136. The molecule has 0 aliphatic carbocycles. The number of carbonyl (C=O) groups is 1. The summed E-state index contributed by atoms with van der Waals surface area (Å²) in [6.45, 7) is 5.77. The molecule has 0 spiro atoms. The first-order valence-electron chi connectivity index (χ1n) is 13.7. The lowest BCUT2D eigenvalue weighted by Crippen LogP contribution is -2.29. The van der Waals surface area contributed by atoms with Gasteiger partial charge in [-0.2, -0.15) is 0 Å². The van der Waals surface area contributed by atoms with Gasteiger partial charge < -0.3 is 29.6 Å². The lowest BCUT2D eigenvalue weighted by atomic mass is 9.96. The zero-order valence-corrected chi connectivity index (χ0v) is 25.3. The average molecular weight is 601 g/mol. The molecule has 2 N–H and O–H groups in total. The molecule has 2 aromatic heterocycles. The highest BCUT2D eigenvalue weighted by molar-refractivity contribution is 7.80. The Bertz CT molecular complexity index is 1710. The van der Waals surface area contributed by atoms with Gasteiger partial charge in [0, 0.05) is 41.8 Å². The van der Waals surface area contributed by atoms with Crippen molar-refractivity contribution in [2.24, 2.45) is 0 Å². The molecule has 1 aliphatic rings. The van der Waals surface area contributed by atoms with Gasteiger partial charge in [-0.3, -0.25) is 19.9 Å². The number of hydrogen-bond donors (Lipinski definition) is 2. The number of amides is 1. The number of methoxy groups -OCH3 is 2. The van der Waals surface area contributed by atoms with Crippen LogP contribution in [0, 0.1) is 24.0 Å². The van der Waals surface area contributed by atoms with Crippen LogP contribution in [0.15, 0.2) is 66.9 Å². The SMILES string of the molecule is CCC(=O)Nc1ccc(N2C(=S)N[C@@H](c3ccccn3)[C@H]2c2cc(C)n(-c3ccc([N+](=O)[O-])cc3OC)c2C)cc1OC. The minimum atomic E-state index is -0.444. The van der Waals surface area contributed by atoms with E-state index in [1.165, 1.54) is 19.2 Å². The molecule has 4 aromatic rings. The van der Waals surface area contributed by atoms with E-state index in [4.69, 9.17) is 21.7 Å². The predicted octanol–water partition coefficient (Wildman–Crippen LogP) is 5.94. The Kier molecular flexibility index (Phi) is 8.31. The van der Waals surface area contributed by atoms with Gasteiger partial charge in [0.05, 0.1) is 54.4 Å². The summed E-state index contributed by atoms with van der Waals surface area (Å²) in [6.07, 6.45) is 2.09. The molecule has 0 unspecified atom stereocenters. The molecule has 12 heteroatoms. The largest absolute Gasteiger partial charge is 0.494 e. The fourth-order valence-electron chi connectivity index (χ4n) is 5.54. The molecular formula is C31H32N6O5S. The molecule has 43 heavy (non-hydrogen) atoms. The van der Waals surface area contributed by atoms with Crippen LogP contribution >= 0.6 is 12.2 Å². The normalized spacial score (nSPS) is 16.1. The van der Waals surface area contributed by atoms with Crippen LogP contribution in [0.5, 0.6) is 11.5 Å². The molecule has 0 radical (unpaired) electrons. The highest BCUT2D eigenvalue weighted by Gasteiger charge is 2.42. The van der Waals surface area contributed by atoms with Crippen LogP contribution in [0.1, 0.15) is 48.1 Å². The molecule has 0 bridgehead atoms. The number of nitro benzene ring substituents is 1. The van der Waals surface area contributed by atoms with E-state index in [-0.39, 0.29) is 23.7 Å². The summed E-state index contributed by atoms with van der Waals surface area (Å²) < 4.78 is 13.3. The number of benzene rings is 2. The van der Waals surface area contributed by atoms with Crippen molar-refractivity contribution in [3.05, 3.63) is 99.6 Å². The molecular weight excluding hydrogens is 568 g/mol. The van der Waals surface area contributed by atoms with Crippen LogP contribution in [0.3, 0.4) is 0 Å². The number of non-ortho nitro benzene ring substituents is 1. The smallest absolute Gasteiger partial charge is 0.273 e. The Morgan fingerprint density at radius 2 is 1.86 bits per heavy atom. The number of nitrogens with one attached hydrogen (secondary N) is 2. The van der Waals surface area contributed by atoms with E-state index in [9.17, 15) is 14.9 Å². The summed E-state index contributed by atoms with van der Waals surface area (Å²) in [5.41, 5.74) is 5.57. The predicted molar refractivity (Wildman–Crippen MR) is 168 cm³/mol. The summed E-state index contributed by atoms with van der Waals surface area (Å²) in [7, 11) is 3.05. The van der Waals surface area contributed by atoms with E-state index in [0.717, 1.165) is 28.3 Å². The molecule has 1 aliphatic heterocycles. The van der Waals surface area contributed by atoms with E-state index in [1.807, 2.05) is 53.6 Å². The average Bonchev–Trinajstić information content (AvgIpc) is 3.51. The zero-order chi connectivity index (χ0) is 30.8. The van der Waals surface area contributed by atoms with Crippen molar-refractivity contribution in [2.75, 3.05) is 24.4 Å². The second-order valence-corrected chi connectivity index (χ2v) is 10.4. The van der Waals surface area contributed by atoms with Gasteiger partial charge in [0.15, 0.2) is 5.11 Å².